The van der Waals surface area contributed by atoms with Gasteiger partial charge >= 0.3 is 0 Å². The first kappa shape index (κ1) is 10.6. The molecule has 0 saturated heterocycles. The summed E-state index contributed by atoms with van der Waals surface area (Å²) in [6.07, 6.45) is 1.12. The molecular weight excluding hydrogens is 224 g/mol. The van der Waals surface area contributed by atoms with Gasteiger partial charge in [0.15, 0.2) is 14.9 Å². The van der Waals surface area contributed by atoms with Crippen LogP contribution in [0, 0.1) is 11.3 Å². The molecule has 0 bridgehead atoms. The second kappa shape index (κ2) is 3.58. The van der Waals surface area contributed by atoms with E-state index in [1.807, 2.05) is 6.07 Å². The first-order chi connectivity index (χ1) is 7.50. The number of benzene rings is 1. The lowest BCUT2D eigenvalue weighted by Gasteiger charge is -2.00. The molecular formula is C11H8N2O2S. The van der Waals surface area contributed by atoms with Crippen LogP contribution in [-0.2, 0) is 9.84 Å². The summed E-state index contributed by atoms with van der Waals surface area (Å²) in [5.74, 6) is 0. The molecule has 0 atom stereocenters. The van der Waals surface area contributed by atoms with E-state index in [-0.39, 0.29) is 5.03 Å². The van der Waals surface area contributed by atoms with E-state index in [1.54, 1.807) is 24.3 Å². The van der Waals surface area contributed by atoms with E-state index in [1.165, 1.54) is 6.07 Å². The second-order valence-electron chi connectivity index (χ2n) is 3.44. The number of sulfone groups is 1. The van der Waals surface area contributed by atoms with Gasteiger partial charge in [-0.15, -0.1) is 0 Å². The predicted molar refractivity (Wildman–Crippen MR) is 59.6 cm³/mol. The van der Waals surface area contributed by atoms with Gasteiger partial charge in [-0.05, 0) is 30.3 Å². The average Bonchev–Trinajstić information content (AvgIpc) is 2.26. The third-order valence-corrected chi connectivity index (χ3v) is 3.16. The van der Waals surface area contributed by atoms with Crippen molar-refractivity contribution in [2.75, 3.05) is 6.26 Å². The lowest BCUT2D eigenvalue weighted by Crippen LogP contribution is -2.00. The molecule has 0 fully saturated rings. The SMILES string of the molecule is CS(=O)(=O)c1ccc2cc(C#N)ccc2n1. The largest absolute Gasteiger partial charge is 0.236 e. The van der Waals surface area contributed by atoms with Crippen LogP contribution in [0.4, 0.5) is 0 Å². The molecule has 4 nitrogen and oxygen atoms in total. The van der Waals surface area contributed by atoms with Crippen molar-refractivity contribution < 1.29 is 8.42 Å². The molecule has 0 aliphatic carbocycles. The monoisotopic (exact) mass is 232 g/mol. The maximum atomic E-state index is 11.3. The number of fused-ring (bicyclic) bond motifs is 1. The topological polar surface area (TPSA) is 70.8 Å². The van der Waals surface area contributed by atoms with Gasteiger partial charge in [0.25, 0.3) is 0 Å². The smallest absolute Gasteiger partial charge is 0.192 e. The molecule has 0 amide bonds. The Morgan fingerprint density at radius 2 is 2.00 bits per heavy atom. The second-order valence-corrected chi connectivity index (χ2v) is 5.40. The summed E-state index contributed by atoms with van der Waals surface area (Å²) in [5.41, 5.74) is 1.10. The minimum absolute atomic E-state index is 0.0460. The van der Waals surface area contributed by atoms with Gasteiger partial charge in [0.05, 0.1) is 17.1 Å². The molecule has 80 valence electrons. The number of nitriles is 1. The van der Waals surface area contributed by atoms with E-state index in [2.05, 4.69) is 4.98 Å². The Morgan fingerprint density at radius 3 is 2.62 bits per heavy atom. The molecule has 0 saturated carbocycles. The van der Waals surface area contributed by atoms with Crippen molar-refractivity contribution in [3.05, 3.63) is 35.9 Å². The third-order valence-electron chi connectivity index (χ3n) is 2.17. The van der Waals surface area contributed by atoms with Crippen molar-refractivity contribution in [3.63, 3.8) is 0 Å². The summed E-state index contributed by atoms with van der Waals surface area (Å²) in [5, 5.41) is 9.52. The third kappa shape index (κ3) is 1.88. The number of hydrogen-bond donors (Lipinski definition) is 0. The fraction of sp³-hybridized carbons (Fsp3) is 0.0909. The van der Waals surface area contributed by atoms with Crippen LogP contribution in [0.15, 0.2) is 35.4 Å². The Morgan fingerprint density at radius 1 is 1.25 bits per heavy atom. The summed E-state index contributed by atoms with van der Waals surface area (Å²) in [7, 11) is -3.29. The number of hydrogen-bond acceptors (Lipinski definition) is 4. The van der Waals surface area contributed by atoms with Crippen molar-refractivity contribution in [3.8, 4) is 6.07 Å². The van der Waals surface area contributed by atoms with Gasteiger partial charge in [-0.1, -0.05) is 0 Å². The number of rotatable bonds is 1. The van der Waals surface area contributed by atoms with Gasteiger partial charge in [0, 0.05) is 11.6 Å². The van der Waals surface area contributed by atoms with Gasteiger partial charge in [-0.3, -0.25) is 0 Å². The number of pyridine rings is 1. The Bertz CT molecular complexity index is 699. The summed E-state index contributed by atoms with van der Waals surface area (Å²) in [6.45, 7) is 0. The minimum Gasteiger partial charge on any atom is -0.236 e. The quantitative estimate of drug-likeness (QED) is 0.747. The highest BCUT2D eigenvalue weighted by Gasteiger charge is 2.09. The molecule has 1 aromatic heterocycles. The molecule has 2 rings (SSSR count). The van der Waals surface area contributed by atoms with Gasteiger partial charge in [-0.2, -0.15) is 5.26 Å². The lowest BCUT2D eigenvalue weighted by atomic mass is 10.1. The molecule has 5 heteroatoms. The average molecular weight is 232 g/mol. The van der Waals surface area contributed by atoms with Crippen molar-refractivity contribution >= 4 is 20.7 Å². The van der Waals surface area contributed by atoms with Crippen molar-refractivity contribution in [2.45, 2.75) is 5.03 Å². The Kier molecular flexibility index (Phi) is 2.37. The zero-order chi connectivity index (χ0) is 11.8. The first-order valence-electron chi connectivity index (χ1n) is 4.52. The molecule has 0 radical (unpaired) electrons. The molecule has 1 heterocycles. The minimum atomic E-state index is -3.29. The van der Waals surface area contributed by atoms with Crippen molar-refractivity contribution in [1.29, 1.82) is 5.26 Å². The Hall–Kier alpha value is -1.93. The molecule has 16 heavy (non-hydrogen) atoms. The zero-order valence-electron chi connectivity index (χ0n) is 8.51. The molecule has 0 aliphatic heterocycles. The lowest BCUT2D eigenvalue weighted by molar-refractivity contribution is 0.599. The Balaban J connectivity index is 2.71. The van der Waals surface area contributed by atoms with E-state index in [0.29, 0.717) is 11.1 Å². The van der Waals surface area contributed by atoms with Crippen LogP contribution >= 0.6 is 0 Å². The van der Waals surface area contributed by atoms with Gasteiger partial charge in [0.2, 0.25) is 0 Å². The molecule has 0 spiro atoms. The number of nitrogens with zero attached hydrogens (tertiary/aromatic N) is 2. The van der Waals surface area contributed by atoms with Crippen LogP contribution in [0.1, 0.15) is 5.56 Å². The molecule has 0 aliphatic rings. The fourth-order valence-corrected chi connectivity index (χ4v) is 1.96. The van der Waals surface area contributed by atoms with Crippen LogP contribution < -0.4 is 0 Å². The Labute approximate surface area is 93.1 Å². The maximum absolute atomic E-state index is 11.3. The normalized spacial score (nSPS) is 11.2. The predicted octanol–water partition coefficient (Wildman–Crippen LogP) is 1.51. The van der Waals surface area contributed by atoms with E-state index in [0.717, 1.165) is 11.6 Å². The summed E-state index contributed by atoms with van der Waals surface area (Å²) in [6, 6.07) is 10.0. The summed E-state index contributed by atoms with van der Waals surface area (Å²) >= 11 is 0. The highest BCUT2D eigenvalue weighted by Crippen LogP contribution is 2.16. The van der Waals surface area contributed by atoms with E-state index < -0.39 is 9.84 Å². The molecule has 0 N–H and O–H groups in total. The standard InChI is InChI=1S/C11H8N2O2S/c1-16(14,15)11-5-3-9-6-8(7-12)2-4-10(9)13-11/h2-6H,1H3. The van der Waals surface area contributed by atoms with Crippen LogP contribution in [0.3, 0.4) is 0 Å². The van der Waals surface area contributed by atoms with Crippen LogP contribution in [0.25, 0.3) is 10.9 Å². The highest BCUT2D eigenvalue weighted by molar-refractivity contribution is 7.90. The van der Waals surface area contributed by atoms with Crippen molar-refractivity contribution in [1.82, 2.24) is 4.98 Å². The van der Waals surface area contributed by atoms with Gasteiger partial charge in [-0.25, -0.2) is 13.4 Å². The molecule has 2 aromatic rings. The summed E-state index contributed by atoms with van der Waals surface area (Å²) in [4.78, 5) is 4.02. The molecule has 1 aromatic carbocycles. The maximum Gasteiger partial charge on any atom is 0.192 e. The fourth-order valence-electron chi connectivity index (χ4n) is 1.38. The van der Waals surface area contributed by atoms with Crippen LogP contribution in [0.2, 0.25) is 0 Å². The van der Waals surface area contributed by atoms with E-state index in [9.17, 15) is 8.42 Å². The van der Waals surface area contributed by atoms with Crippen LogP contribution in [-0.4, -0.2) is 19.7 Å². The highest BCUT2D eigenvalue weighted by atomic mass is 32.2. The van der Waals surface area contributed by atoms with E-state index in [4.69, 9.17) is 5.26 Å². The first-order valence-corrected chi connectivity index (χ1v) is 6.41. The van der Waals surface area contributed by atoms with Crippen LogP contribution in [0.5, 0.6) is 0 Å². The van der Waals surface area contributed by atoms with Crippen molar-refractivity contribution in [2.24, 2.45) is 0 Å². The van der Waals surface area contributed by atoms with E-state index >= 15 is 0 Å². The number of aromatic nitrogens is 1. The molecule has 0 unspecified atom stereocenters. The summed E-state index contributed by atoms with van der Waals surface area (Å²) < 4.78 is 22.6. The van der Waals surface area contributed by atoms with Gasteiger partial charge in [0.1, 0.15) is 0 Å². The zero-order valence-corrected chi connectivity index (χ0v) is 9.32. The van der Waals surface area contributed by atoms with Gasteiger partial charge < -0.3 is 0 Å².